The van der Waals surface area contributed by atoms with Crippen LogP contribution >= 0.6 is 7.53 Å². The molecule has 0 unspecified atom stereocenters. The zero-order valence-electron chi connectivity index (χ0n) is 24.2. The predicted molar refractivity (Wildman–Crippen MR) is 174 cm³/mol. The van der Waals surface area contributed by atoms with Crippen LogP contribution < -0.4 is 9.47 Å². The Bertz CT molecular complexity index is 2150. The molecule has 4 aromatic heterocycles. The van der Waals surface area contributed by atoms with Crippen LogP contribution in [0.3, 0.4) is 0 Å². The molecule has 0 fully saturated rings. The molecular weight excluding hydrogens is 790 g/mol. The molecule has 0 spiro atoms. The van der Waals surface area contributed by atoms with Gasteiger partial charge in [0.15, 0.2) is 5.57 Å². The van der Waals surface area contributed by atoms with E-state index in [1.54, 1.807) is 12.4 Å². The van der Waals surface area contributed by atoms with Gasteiger partial charge in [0.25, 0.3) is 0 Å². The van der Waals surface area contributed by atoms with Crippen molar-refractivity contribution in [3.63, 3.8) is 0 Å². The van der Waals surface area contributed by atoms with Crippen LogP contribution in [0.1, 0.15) is 0 Å². The molecular formula is C37H20N5O2PPd2. The van der Waals surface area contributed by atoms with E-state index in [0.29, 0.717) is 28.6 Å². The second-order valence-electron chi connectivity index (χ2n) is 9.93. The number of rotatable bonds is 7. The zero-order valence-corrected chi connectivity index (χ0v) is 28.2. The maximum Gasteiger partial charge on any atom is 2.00 e. The second-order valence-corrected chi connectivity index (χ2v) is 11.9. The maximum atomic E-state index is 6.27. The zero-order chi connectivity index (χ0) is 30.0. The van der Waals surface area contributed by atoms with Crippen molar-refractivity contribution in [1.29, 1.82) is 0 Å². The van der Waals surface area contributed by atoms with Gasteiger partial charge in [-0.3, -0.25) is 0 Å². The van der Waals surface area contributed by atoms with Crippen LogP contribution in [0, 0.1) is 24.3 Å². The Hall–Kier alpha value is -4.59. The molecule has 0 aliphatic carbocycles. The monoisotopic (exact) mass is 809 g/mol. The Morgan fingerprint density at radius 2 is 0.957 bits per heavy atom. The minimum Gasteiger partial charge on any atom is -0.503 e. The van der Waals surface area contributed by atoms with E-state index in [9.17, 15) is 0 Å². The molecule has 47 heavy (non-hydrogen) atoms. The molecule has 0 aliphatic heterocycles. The van der Waals surface area contributed by atoms with Crippen molar-refractivity contribution >= 4 is 28.5 Å². The van der Waals surface area contributed by atoms with Gasteiger partial charge in [-0.05, 0) is 23.5 Å². The quantitative estimate of drug-likeness (QED) is 0.117. The molecule has 0 aliphatic rings. The first-order valence-corrected chi connectivity index (χ1v) is 15.4. The fourth-order valence-corrected chi connectivity index (χ4v) is 7.36. The Morgan fingerprint density at radius 1 is 0.468 bits per heavy atom. The van der Waals surface area contributed by atoms with Crippen molar-refractivity contribution in [2.24, 2.45) is 0 Å². The van der Waals surface area contributed by atoms with E-state index in [1.807, 2.05) is 97.1 Å². The number of nitrogens with zero attached hydrogens (tertiary/aromatic N) is 5. The maximum absolute atomic E-state index is 6.27. The van der Waals surface area contributed by atoms with Gasteiger partial charge in [-0.25, -0.2) is 15.0 Å². The van der Waals surface area contributed by atoms with Crippen molar-refractivity contribution in [2.45, 2.75) is 0 Å². The molecule has 0 saturated carbocycles. The SMILES string of the molecule is [Pd+2].[Pd+2].[c-]1c(Oc2[c-]c3c(cc2)c2ccc(Oc4[c-]c(-c5ccccn5)ccc4)[c-]c2p3-c2ncncn2)cccc1-c1ccccn1. The normalized spacial score (nSPS) is 10.6. The number of ether oxygens (including phenoxy) is 2. The molecule has 8 rings (SSSR count). The van der Waals surface area contributed by atoms with Crippen LogP contribution in [0.15, 0.2) is 122 Å². The molecule has 4 aromatic carbocycles. The fourth-order valence-electron chi connectivity index (χ4n) is 5.09. The summed E-state index contributed by atoms with van der Waals surface area (Å²) in [6.45, 7) is 0. The third kappa shape index (κ3) is 6.78. The van der Waals surface area contributed by atoms with Crippen LogP contribution in [0.2, 0.25) is 0 Å². The average molecular weight is 810 g/mol. The number of hydrogen-bond acceptors (Lipinski definition) is 7. The predicted octanol–water partition coefficient (Wildman–Crippen LogP) is 9.06. The Balaban J connectivity index is 0.00000193. The molecule has 0 radical (unpaired) electrons. The van der Waals surface area contributed by atoms with Crippen molar-refractivity contribution in [3.8, 4) is 51.1 Å². The average Bonchev–Trinajstić information content (AvgIpc) is 3.42. The van der Waals surface area contributed by atoms with E-state index in [4.69, 9.17) is 9.47 Å². The van der Waals surface area contributed by atoms with Gasteiger partial charge in [-0.1, -0.05) is 43.9 Å². The third-order valence-electron chi connectivity index (χ3n) is 7.07. The summed E-state index contributed by atoms with van der Waals surface area (Å²) in [6, 6.07) is 44.7. The van der Waals surface area contributed by atoms with Gasteiger partial charge in [0, 0.05) is 35.4 Å². The molecule has 7 nitrogen and oxygen atoms in total. The molecule has 0 bridgehead atoms. The largest absolute Gasteiger partial charge is 2.00 e. The Labute approximate surface area is 299 Å². The molecule has 0 N–H and O–H groups in total. The number of pyridine rings is 2. The van der Waals surface area contributed by atoms with Gasteiger partial charge < -0.3 is 19.4 Å². The van der Waals surface area contributed by atoms with Crippen molar-refractivity contribution in [2.75, 3.05) is 0 Å². The molecule has 4 heterocycles. The minimum atomic E-state index is -1.21. The topological polar surface area (TPSA) is 82.9 Å². The molecule has 10 heteroatoms. The standard InChI is InChI=1S/C37H20N5O2P.2Pd/c1-3-17-39-33(11-1)25-7-5-9-27(19-25)43-29-13-15-31-32-16-14-30(22-36(32)45(35(31)21-29)37-41-23-38-24-42-37)44-28-10-6-8-26(20-28)34-12-2-4-18-40-34;;/h1-18,23-24H;;/q-4;2*+2. The summed E-state index contributed by atoms with van der Waals surface area (Å²) in [6.07, 6.45) is 6.55. The minimum absolute atomic E-state index is 0. The first-order valence-electron chi connectivity index (χ1n) is 14.1. The van der Waals surface area contributed by atoms with Crippen LogP contribution in [0.5, 0.6) is 23.0 Å². The van der Waals surface area contributed by atoms with Gasteiger partial charge >= 0.3 is 40.8 Å². The first-order chi connectivity index (χ1) is 22.3. The molecule has 0 amide bonds. The Kier molecular flexibility index (Phi) is 9.95. The summed E-state index contributed by atoms with van der Waals surface area (Å²) in [7, 11) is -1.21. The number of aromatic nitrogens is 5. The van der Waals surface area contributed by atoms with E-state index in [0.717, 1.165) is 43.5 Å². The van der Waals surface area contributed by atoms with Crippen LogP contribution in [-0.4, -0.2) is 24.9 Å². The number of fused-ring (bicyclic) bond motifs is 3. The molecule has 230 valence electrons. The number of hydrogen-bond donors (Lipinski definition) is 0. The summed E-state index contributed by atoms with van der Waals surface area (Å²) < 4.78 is 12.5. The summed E-state index contributed by atoms with van der Waals surface area (Å²) in [5.74, 6) is 2.27. The van der Waals surface area contributed by atoms with Crippen molar-refractivity contribution in [3.05, 3.63) is 146 Å². The van der Waals surface area contributed by atoms with Gasteiger partial charge in [-0.2, -0.15) is 22.9 Å². The van der Waals surface area contributed by atoms with Crippen LogP contribution in [0.4, 0.5) is 0 Å². The van der Waals surface area contributed by atoms with E-state index in [2.05, 4.69) is 49.2 Å². The van der Waals surface area contributed by atoms with Crippen LogP contribution in [0.25, 0.3) is 49.1 Å². The molecule has 8 aromatic rings. The third-order valence-corrected chi connectivity index (χ3v) is 9.30. The van der Waals surface area contributed by atoms with E-state index < -0.39 is 7.53 Å². The summed E-state index contributed by atoms with van der Waals surface area (Å²) in [5.41, 5.74) is 3.99. The van der Waals surface area contributed by atoms with Gasteiger partial charge in [0.05, 0.1) is 0 Å². The number of benzene rings is 4. The second kappa shape index (κ2) is 14.5. The summed E-state index contributed by atoms with van der Waals surface area (Å²) >= 11 is 0. The molecule has 0 atom stereocenters. The van der Waals surface area contributed by atoms with Crippen molar-refractivity contribution in [1.82, 2.24) is 24.9 Å². The van der Waals surface area contributed by atoms with Gasteiger partial charge in [-0.15, -0.1) is 82.0 Å². The van der Waals surface area contributed by atoms with Crippen LogP contribution in [-0.2, 0) is 40.8 Å². The Morgan fingerprint density at radius 3 is 1.43 bits per heavy atom. The first kappa shape index (κ1) is 32.4. The smallest absolute Gasteiger partial charge is 0.503 e. The van der Waals surface area contributed by atoms with Gasteiger partial charge in [0.2, 0.25) is 0 Å². The van der Waals surface area contributed by atoms with Gasteiger partial charge in [0.1, 0.15) is 12.7 Å². The fraction of sp³-hybridized carbons (Fsp3) is 0. The molecule has 0 saturated heterocycles. The summed E-state index contributed by atoms with van der Waals surface area (Å²) in [4.78, 5) is 22.0. The van der Waals surface area contributed by atoms with Crippen molar-refractivity contribution < 1.29 is 50.3 Å². The van der Waals surface area contributed by atoms with E-state index in [-0.39, 0.29) is 40.8 Å². The summed E-state index contributed by atoms with van der Waals surface area (Å²) in [5, 5.41) is 3.95. The van der Waals surface area contributed by atoms with E-state index in [1.165, 1.54) is 12.7 Å². The van der Waals surface area contributed by atoms with E-state index >= 15 is 0 Å².